The van der Waals surface area contributed by atoms with Crippen LogP contribution in [0.15, 0.2) is 53.5 Å². The van der Waals surface area contributed by atoms with Gasteiger partial charge in [-0.1, -0.05) is 49.2 Å². The van der Waals surface area contributed by atoms with Crippen molar-refractivity contribution in [1.29, 1.82) is 5.26 Å². The quantitative estimate of drug-likeness (QED) is 0.349. The number of carbonyl (C=O) groups is 2. The second kappa shape index (κ2) is 16.1. The number of amides is 1. The minimum absolute atomic E-state index is 0.0371. The predicted octanol–water partition coefficient (Wildman–Crippen LogP) is 4.08. The van der Waals surface area contributed by atoms with Gasteiger partial charge in [-0.2, -0.15) is 5.26 Å². The van der Waals surface area contributed by atoms with Crippen LogP contribution in [0, 0.1) is 11.3 Å². The number of amidine groups is 1. The number of hydrogen-bond acceptors (Lipinski definition) is 9. The summed E-state index contributed by atoms with van der Waals surface area (Å²) in [6.45, 7) is 6.58. The second-order valence-corrected chi connectivity index (χ2v) is 12.7. The number of nitrogens with two attached hydrogens (primary N) is 1. The molecule has 0 spiro atoms. The molecule has 0 radical (unpaired) electrons. The van der Waals surface area contributed by atoms with Crippen molar-refractivity contribution in [3.8, 4) is 11.8 Å². The standard InChI is InChI=1S/C36H48N6O4/c1-26-34(28-11-5-3-6-12-28)46-36(39-26)41-21-22-42(35(44)30(38)13-7-10-20-40-18-8-4-9-19-40)31(25-41)32(43)17-15-27-14-16-29(24-37)33(23-27)45-2/h3,5-6,11-12,14,16,23,26,30-31,34H,4,7-10,13,15,17-22,25,38H2,1-2H3/t26-,30+,31-,34+/m0/s1. The first-order chi connectivity index (χ1) is 22.4. The Morgan fingerprint density at radius 2 is 1.87 bits per heavy atom. The molecule has 3 heterocycles. The molecular formula is C36H48N6O4. The lowest BCUT2D eigenvalue weighted by Gasteiger charge is -2.42. The molecule has 246 valence electrons. The zero-order valence-electron chi connectivity index (χ0n) is 27.3. The highest BCUT2D eigenvalue weighted by Crippen LogP contribution is 2.31. The number of unbranched alkanes of at least 4 members (excludes halogenated alkanes) is 1. The lowest BCUT2D eigenvalue weighted by Crippen LogP contribution is -2.62. The van der Waals surface area contributed by atoms with Crippen LogP contribution in [0.3, 0.4) is 0 Å². The average Bonchev–Trinajstić information content (AvgIpc) is 3.50. The maximum Gasteiger partial charge on any atom is 0.288 e. The number of rotatable bonds is 12. The van der Waals surface area contributed by atoms with Crippen molar-refractivity contribution in [2.24, 2.45) is 10.7 Å². The van der Waals surface area contributed by atoms with Gasteiger partial charge in [0.05, 0.1) is 24.8 Å². The van der Waals surface area contributed by atoms with Gasteiger partial charge in [-0.15, -0.1) is 0 Å². The Balaban J connectivity index is 1.24. The smallest absolute Gasteiger partial charge is 0.288 e. The molecule has 3 aliphatic heterocycles. The van der Waals surface area contributed by atoms with Crippen molar-refractivity contribution < 1.29 is 19.1 Å². The number of aliphatic imine (C=N–C) groups is 1. The molecule has 5 rings (SSSR count). The minimum Gasteiger partial charge on any atom is -0.495 e. The van der Waals surface area contributed by atoms with E-state index >= 15 is 0 Å². The number of Topliss-reactive ketones (excluding diaryl/α,β-unsaturated/α-hetero) is 1. The van der Waals surface area contributed by atoms with Crippen molar-refractivity contribution in [2.75, 3.05) is 46.4 Å². The Hall–Kier alpha value is -3.94. The third kappa shape index (κ3) is 8.25. The van der Waals surface area contributed by atoms with E-state index in [2.05, 4.69) is 11.0 Å². The maximum absolute atomic E-state index is 13.9. The van der Waals surface area contributed by atoms with E-state index in [4.69, 9.17) is 20.2 Å². The van der Waals surface area contributed by atoms with E-state index < -0.39 is 12.1 Å². The summed E-state index contributed by atoms with van der Waals surface area (Å²) in [4.78, 5) is 38.7. The van der Waals surface area contributed by atoms with Crippen LogP contribution in [-0.2, 0) is 20.7 Å². The van der Waals surface area contributed by atoms with E-state index in [1.165, 1.54) is 26.4 Å². The monoisotopic (exact) mass is 628 g/mol. The molecule has 0 unspecified atom stereocenters. The topological polar surface area (TPSA) is 124 Å². The first-order valence-corrected chi connectivity index (χ1v) is 16.8. The number of hydrogen-bond donors (Lipinski definition) is 1. The fourth-order valence-corrected chi connectivity index (χ4v) is 6.76. The summed E-state index contributed by atoms with van der Waals surface area (Å²) >= 11 is 0. The molecule has 0 aromatic heterocycles. The molecule has 2 aromatic rings. The number of ketones is 1. The van der Waals surface area contributed by atoms with Crippen LogP contribution in [0.2, 0.25) is 0 Å². The van der Waals surface area contributed by atoms with Crippen molar-refractivity contribution in [2.45, 2.75) is 82.5 Å². The van der Waals surface area contributed by atoms with Gasteiger partial charge in [-0.3, -0.25) is 9.59 Å². The number of benzene rings is 2. The highest BCUT2D eigenvalue weighted by molar-refractivity contribution is 5.92. The highest BCUT2D eigenvalue weighted by Gasteiger charge is 2.40. The van der Waals surface area contributed by atoms with Gasteiger partial charge in [-0.05, 0) is 81.9 Å². The number of ether oxygens (including phenoxy) is 2. The highest BCUT2D eigenvalue weighted by atomic mass is 16.5. The van der Waals surface area contributed by atoms with Gasteiger partial charge < -0.3 is 29.9 Å². The number of aryl methyl sites for hydroxylation is 1. The Bertz CT molecular complexity index is 1400. The van der Waals surface area contributed by atoms with Crippen LogP contribution in [-0.4, -0.2) is 96.9 Å². The van der Waals surface area contributed by atoms with E-state index in [9.17, 15) is 14.9 Å². The molecule has 10 heteroatoms. The van der Waals surface area contributed by atoms with E-state index in [0.29, 0.717) is 49.8 Å². The summed E-state index contributed by atoms with van der Waals surface area (Å²) in [7, 11) is 1.53. The van der Waals surface area contributed by atoms with Crippen molar-refractivity contribution >= 4 is 17.7 Å². The number of nitrogens with zero attached hydrogens (tertiary/aromatic N) is 5. The molecule has 0 aliphatic carbocycles. The Labute approximate surface area is 273 Å². The number of nitriles is 1. The lowest BCUT2D eigenvalue weighted by atomic mass is 9.98. The van der Waals surface area contributed by atoms with E-state index in [-0.39, 0.29) is 30.3 Å². The van der Waals surface area contributed by atoms with Gasteiger partial charge in [-0.25, -0.2) is 4.99 Å². The molecule has 0 saturated carbocycles. The summed E-state index contributed by atoms with van der Waals surface area (Å²) in [5, 5.41) is 9.34. The summed E-state index contributed by atoms with van der Waals surface area (Å²) in [6.07, 6.45) is 6.85. The molecular weight excluding hydrogens is 580 g/mol. The summed E-state index contributed by atoms with van der Waals surface area (Å²) in [5.41, 5.74) is 8.89. The predicted molar refractivity (Wildman–Crippen MR) is 177 cm³/mol. The zero-order chi connectivity index (χ0) is 32.5. The van der Waals surface area contributed by atoms with Crippen molar-refractivity contribution in [1.82, 2.24) is 14.7 Å². The molecule has 2 saturated heterocycles. The molecule has 3 aliphatic rings. The van der Waals surface area contributed by atoms with Crippen LogP contribution >= 0.6 is 0 Å². The molecule has 1 amide bonds. The van der Waals surface area contributed by atoms with Gasteiger partial charge in [0.25, 0.3) is 6.02 Å². The second-order valence-electron chi connectivity index (χ2n) is 12.7. The largest absolute Gasteiger partial charge is 0.495 e. The van der Waals surface area contributed by atoms with Crippen molar-refractivity contribution in [3.63, 3.8) is 0 Å². The maximum atomic E-state index is 13.9. The molecule has 0 bridgehead atoms. The first kappa shape index (κ1) is 33.4. The number of piperidine rings is 1. The summed E-state index contributed by atoms with van der Waals surface area (Å²) < 4.78 is 11.7. The van der Waals surface area contributed by atoms with Gasteiger partial charge in [0, 0.05) is 26.1 Å². The number of carbonyl (C=O) groups excluding carboxylic acids is 2. The Morgan fingerprint density at radius 3 is 2.61 bits per heavy atom. The summed E-state index contributed by atoms with van der Waals surface area (Å²) in [6, 6.07) is 16.6. The molecule has 46 heavy (non-hydrogen) atoms. The van der Waals surface area contributed by atoms with Gasteiger partial charge >= 0.3 is 0 Å². The fourth-order valence-electron chi connectivity index (χ4n) is 6.76. The molecule has 2 fully saturated rings. The van der Waals surface area contributed by atoms with Crippen LogP contribution in [0.5, 0.6) is 5.75 Å². The zero-order valence-corrected chi connectivity index (χ0v) is 27.3. The van der Waals surface area contributed by atoms with E-state index in [1.54, 1.807) is 17.0 Å². The number of likely N-dealkylation sites (tertiary alicyclic amines) is 1. The average molecular weight is 629 g/mol. The van der Waals surface area contributed by atoms with Gasteiger partial charge in [0.2, 0.25) is 5.91 Å². The minimum atomic E-state index is -0.668. The normalized spacial score (nSPS) is 22.5. The van der Waals surface area contributed by atoms with Crippen LogP contribution in [0.4, 0.5) is 0 Å². The van der Waals surface area contributed by atoms with E-state index in [1.807, 2.05) is 48.2 Å². The third-order valence-corrected chi connectivity index (χ3v) is 9.47. The number of methoxy groups -OCH3 is 1. The Kier molecular flexibility index (Phi) is 11.7. The SMILES string of the molecule is COc1cc(CCC(=O)[C@@H]2CN(C3=N[C@@H](C)[C@H](c4ccccc4)O3)CCN2C(=O)[C@H](N)CCCCN2CCCCC2)ccc1C#N. The molecule has 2 aromatic carbocycles. The van der Waals surface area contributed by atoms with Gasteiger partial charge in [0.15, 0.2) is 5.78 Å². The Morgan fingerprint density at radius 1 is 1.09 bits per heavy atom. The molecule has 10 nitrogen and oxygen atoms in total. The van der Waals surface area contributed by atoms with Crippen LogP contribution in [0.1, 0.15) is 74.7 Å². The third-order valence-electron chi connectivity index (χ3n) is 9.47. The van der Waals surface area contributed by atoms with Crippen LogP contribution in [0.25, 0.3) is 0 Å². The molecule has 2 N–H and O–H groups in total. The van der Waals surface area contributed by atoms with Crippen LogP contribution < -0.4 is 10.5 Å². The fraction of sp³-hybridized carbons (Fsp3) is 0.556. The summed E-state index contributed by atoms with van der Waals surface area (Å²) in [5.74, 6) is 0.281. The van der Waals surface area contributed by atoms with E-state index in [0.717, 1.165) is 43.6 Å². The van der Waals surface area contributed by atoms with Crippen molar-refractivity contribution in [3.05, 3.63) is 65.2 Å². The first-order valence-electron chi connectivity index (χ1n) is 16.8. The van der Waals surface area contributed by atoms with Gasteiger partial charge in [0.1, 0.15) is 24.0 Å². The molecule has 4 atom stereocenters. The lowest BCUT2D eigenvalue weighted by molar-refractivity contribution is -0.143. The number of piperazine rings is 1.